The molecule has 2 fully saturated rings. The van der Waals surface area contributed by atoms with Crippen LogP contribution in [0.25, 0.3) is 10.6 Å². The molecule has 0 aromatic carbocycles. The molecule has 4 atom stereocenters. The molecule has 0 saturated carbocycles. The zero-order chi connectivity index (χ0) is 14.7. The predicted octanol–water partition coefficient (Wildman–Crippen LogP) is 6.13. The first-order chi connectivity index (χ1) is 8.99. The van der Waals surface area contributed by atoms with Crippen LogP contribution in [0.3, 0.4) is 0 Å². The minimum atomic E-state index is 0.523. The molecule has 0 bridgehead atoms. The van der Waals surface area contributed by atoms with E-state index in [2.05, 4.69) is 77.0 Å². The van der Waals surface area contributed by atoms with Crippen LogP contribution in [0.1, 0.15) is 53.4 Å². The second kappa shape index (κ2) is 13.7. The maximum atomic E-state index is 4.38. The summed E-state index contributed by atoms with van der Waals surface area (Å²) < 4.78 is 0. The maximum absolute atomic E-state index is 4.38. The van der Waals surface area contributed by atoms with E-state index in [0.29, 0.717) is 23.3 Å². The molecular formula is C14H28I2N2Pt. The van der Waals surface area contributed by atoms with E-state index >= 15 is 0 Å². The Balaban J connectivity index is 0.000000284. The summed E-state index contributed by atoms with van der Waals surface area (Å²) in [6.07, 6.45) is 5.23. The van der Waals surface area contributed by atoms with Crippen molar-refractivity contribution < 1.29 is 11.2 Å². The molecule has 2 saturated heterocycles. The Morgan fingerprint density at radius 2 is 1.11 bits per heavy atom. The molecule has 2 aliphatic rings. The summed E-state index contributed by atoms with van der Waals surface area (Å²) in [4.78, 5) is 0. The van der Waals surface area contributed by atoms with Crippen molar-refractivity contribution in [1.82, 2.24) is 0 Å². The number of nitrogens with zero attached hydrogens (tertiary/aromatic N) is 2. The van der Waals surface area contributed by atoms with E-state index in [-0.39, 0.29) is 0 Å². The molecule has 2 aliphatic heterocycles. The standard InChI is InChI=1S/2C7H14N.2HI.Pt/c2*1-6-3-4-8-7(2)5-6;;;/h2*6-7H,3-5H2,1-2H3;2*1H;/q2*-1;;;+4/p-2. The summed E-state index contributed by atoms with van der Waals surface area (Å²) in [5.74, 6) is 1.84. The quantitative estimate of drug-likeness (QED) is 0.278. The van der Waals surface area contributed by atoms with Gasteiger partial charge in [-0.3, -0.25) is 0 Å². The van der Waals surface area contributed by atoms with Crippen molar-refractivity contribution in [2.45, 2.75) is 65.5 Å². The third-order valence-electron chi connectivity index (χ3n) is 3.61. The normalized spacial score (nSPS) is 34.6. The summed E-state index contributed by atoms with van der Waals surface area (Å²) in [5, 5.41) is 8.76. The van der Waals surface area contributed by atoms with Gasteiger partial charge in [0.25, 0.3) is 0 Å². The van der Waals surface area contributed by atoms with E-state index in [1.165, 1.54) is 25.7 Å². The number of hydrogen-bond acceptors (Lipinski definition) is 0. The van der Waals surface area contributed by atoms with E-state index in [1.54, 1.807) is 0 Å². The fourth-order valence-electron chi connectivity index (χ4n) is 2.58. The molecule has 2 rings (SSSR count). The number of hydrogen-bond donors (Lipinski definition) is 0. The second-order valence-electron chi connectivity index (χ2n) is 5.81. The van der Waals surface area contributed by atoms with Gasteiger partial charge >= 0.3 is 49.9 Å². The predicted molar refractivity (Wildman–Crippen MR) is 100 cm³/mol. The number of piperidine rings is 2. The zero-order valence-electron chi connectivity index (χ0n) is 12.5. The minimum absolute atomic E-state index is 0.523. The molecule has 0 amide bonds. The van der Waals surface area contributed by atoms with Crippen LogP contribution >= 0.6 is 38.7 Å². The van der Waals surface area contributed by atoms with Gasteiger partial charge in [0.1, 0.15) is 0 Å². The van der Waals surface area contributed by atoms with Crippen molar-refractivity contribution in [3.63, 3.8) is 0 Å². The molecule has 19 heavy (non-hydrogen) atoms. The van der Waals surface area contributed by atoms with Crippen molar-refractivity contribution in [1.29, 1.82) is 0 Å². The van der Waals surface area contributed by atoms with Gasteiger partial charge in [0.05, 0.1) is 0 Å². The molecule has 0 aromatic rings. The number of halogens is 2. The van der Waals surface area contributed by atoms with Crippen LogP contribution in [0.5, 0.6) is 0 Å². The Hall–Kier alpha value is 2.07. The Labute approximate surface area is 149 Å². The first-order valence-corrected chi connectivity index (χ1v) is 20.0. The first-order valence-electron chi connectivity index (χ1n) is 7.15. The Morgan fingerprint density at radius 3 is 1.26 bits per heavy atom. The van der Waals surface area contributed by atoms with E-state index < -0.39 is 0 Å². The van der Waals surface area contributed by atoms with E-state index in [9.17, 15) is 0 Å². The van der Waals surface area contributed by atoms with Crippen molar-refractivity contribution in [3.05, 3.63) is 10.6 Å². The van der Waals surface area contributed by atoms with Gasteiger partial charge in [0.2, 0.25) is 0 Å². The molecule has 118 valence electrons. The van der Waals surface area contributed by atoms with E-state index in [1.807, 2.05) is 0 Å². The fourth-order valence-corrected chi connectivity index (χ4v) is 2.58. The van der Waals surface area contributed by atoms with Crippen molar-refractivity contribution in [3.8, 4) is 0 Å². The van der Waals surface area contributed by atoms with Gasteiger partial charge in [-0.15, -0.1) is 25.2 Å². The third-order valence-corrected chi connectivity index (χ3v) is 3.61. The van der Waals surface area contributed by atoms with Crippen molar-refractivity contribution in [2.24, 2.45) is 11.8 Å². The van der Waals surface area contributed by atoms with Crippen LogP contribution in [-0.4, -0.2) is 25.2 Å². The summed E-state index contributed by atoms with van der Waals surface area (Å²) in [6.45, 7) is 11.2. The van der Waals surface area contributed by atoms with Gasteiger partial charge in [-0.05, 0) is 11.8 Å². The van der Waals surface area contributed by atoms with Gasteiger partial charge in [-0.25, -0.2) is 0 Å². The average molecular weight is 673 g/mol. The third kappa shape index (κ3) is 13.5. The van der Waals surface area contributed by atoms with Crippen LogP contribution in [0.4, 0.5) is 0 Å². The Bertz CT molecular complexity index is 172. The molecular weight excluding hydrogens is 645 g/mol. The second-order valence-corrected chi connectivity index (χ2v) is 22.4. The molecule has 4 unspecified atom stereocenters. The Morgan fingerprint density at radius 1 is 0.789 bits per heavy atom. The summed E-state index contributed by atoms with van der Waals surface area (Å²) in [5.41, 5.74) is 0. The van der Waals surface area contributed by atoms with Crippen molar-refractivity contribution >= 4 is 38.7 Å². The van der Waals surface area contributed by atoms with Gasteiger partial charge in [-0.1, -0.05) is 53.4 Å². The van der Waals surface area contributed by atoms with E-state index in [4.69, 9.17) is 0 Å². The molecule has 2 heterocycles. The SMILES string of the molecule is CC1CC[N-]C(C)C1.CC1CC[N-]C(C)C1.[I][Pt+2][I]. The summed E-state index contributed by atoms with van der Waals surface area (Å²) >= 11 is 5.30. The Kier molecular flexibility index (Phi) is 15.2. The average Bonchev–Trinajstić information content (AvgIpc) is 2.30. The molecule has 0 aromatic heterocycles. The molecule has 2 nitrogen and oxygen atoms in total. The van der Waals surface area contributed by atoms with Crippen LogP contribution < -0.4 is 0 Å². The molecule has 0 radical (unpaired) electrons. The molecule has 0 aliphatic carbocycles. The van der Waals surface area contributed by atoms with Crippen LogP contribution in [0, 0.1) is 11.8 Å². The molecule has 0 N–H and O–H groups in total. The van der Waals surface area contributed by atoms with Crippen LogP contribution in [0.15, 0.2) is 0 Å². The van der Waals surface area contributed by atoms with Gasteiger partial charge in [-0.2, -0.15) is 0 Å². The first kappa shape index (κ1) is 21.1. The topological polar surface area (TPSA) is 28.2 Å². The number of rotatable bonds is 0. The van der Waals surface area contributed by atoms with E-state index in [0.717, 1.165) is 24.9 Å². The monoisotopic (exact) mass is 673 g/mol. The van der Waals surface area contributed by atoms with Crippen LogP contribution in [0.2, 0.25) is 0 Å². The van der Waals surface area contributed by atoms with Gasteiger partial charge < -0.3 is 10.6 Å². The summed E-state index contributed by atoms with van der Waals surface area (Å²) in [6, 6.07) is 1.28. The zero-order valence-corrected chi connectivity index (χ0v) is 19.1. The fraction of sp³-hybridized carbons (Fsp3) is 1.00. The van der Waals surface area contributed by atoms with Gasteiger partial charge in [0, 0.05) is 0 Å². The van der Waals surface area contributed by atoms with Gasteiger partial charge in [0.15, 0.2) is 0 Å². The molecule has 5 heteroatoms. The molecule has 0 spiro atoms. The summed E-state index contributed by atoms with van der Waals surface area (Å²) in [7, 11) is 0. The van der Waals surface area contributed by atoms with Crippen molar-refractivity contribution in [2.75, 3.05) is 13.1 Å². The van der Waals surface area contributed by atoms with Crippen LogP contribution in [-0.2, 0) is 11.2 Å².